The zero-order valence-corrected chi connectivity index (χ0v) is 8.41. The molecule has 0 heterocycles. The minimum atomic E-state index is -5.17. The topological polar surface area (TPSA) is 146 Å². The summed E-state index contributed by atoms with van der Waals surface area (Å²) in [6.45, 7) is 0.618. The predicted octanol–water partition coefficient (Wildman–Crippen LogP) is -1.23. The normalized spacial score (nSPS) is 15.4. The summed E-state index contributed by atoms with van der Waals surface area (Å²) in [6.07, 6.45) is 0. The Bertz CT molecular complexity index is 416. The molecule has 0 spiro atoms. The highest BCUT2D eigenvalue weighted by molar-refractivity contribution is 7.93. The largest absolute Gasteiger partial charge is 0.480 e. The number of hydrogen-bond donors (Lipinski definition) is 3. The molecule has 10 heteroatoms. The first-order valence-corrected chi connectivity index (χ1v) is 5.96. The van der Waals surface area contributed by atoms with E-state index in [2.05, 4.69) is 0 Å². The molecule has 3 N–H and O–H groups in total. The maximum atomic E-state index is 10.4. The van der Waals surface area contributed by atoms with E-state index in [0.717, 1.165) is 0 Å². The molecule has 14 heavy (non-hydrogen) atoms. The van der Waals surface area contributed by atoms with Gasteiger partial charge in [-0.25, -0.2) is 0 Å². The minimum absolute atomic E-state index is 0.618. The second-order valence-electron chi connectivity index (χ2n) is 2.30. The van der Waals surface area contributed by atoms with E-state index in [1.165, 1.54) is 0 Å². The molecule has 8 nitrogen and oxygen atoms in total. The van der Waals surface area contributed by atoms with E-state index >= 15 is 0 Å². The van der Waals surface area contributed by atoms with Crippen LogP contribution in [0.2, 0.25) is 0 Å². The van der Waals surface area contributed by atoms with Crippen molar-refractivity contribution in [3.8, 4) is 0 Å². The molecule has 0 aromatic rings. The predicted molar refractivity (Wildman–Crippen MR) is 43.4 cm³/mol. The van der Waals surface area contributed by atoms with Gasteiger partial charge in [-0.3, -0.25) is 13.9 Å². The SMILES string of the molecule is CC([C](C(=O)O)S(=O)(=O)O)S(=O)(=O)O. The molecule has 0 aromatic carbocycles. The molecule has 0 rings (SSSR count). The monoisotopic (exact) mass is 247 g/mol. The third-order valence-electron chi connectivity index (χ3n) is 1.30. The summed E-state index contributed by atoms with van der Waals surface area (Å²) >= 11 is 0. The third kappa shape index (κ3) is 3.21. The van der Waals surface area contributed by atoms with Crippen molar-refractivity contribution in [1.82, 2.24) is 0 Å². The lowest BCUT2D eigenvalue weighted by molar-refractivity contribution is -0.133. The molecule has 1 unspecified atom stereocenters. The number of rotatable bonds is 4. The highest BCUT2D eigenvalue weighted by Crippen LogP contribution is 2.19. The van der Waals surface area contributed by atoms with E-state index in [1.54, 1.807) is 0 Å². The molecule has 0 fully saturated rings. The highest BCUT2D eigenvalue weighted by atomic mass is 32.2. The molecule has 0 bridgehead atoms. The van der Waals surface area contributed by atoms with Gasteiger partial charge >= 0.3 is 5.97 Å². The second kappa shape index (κ2) is 3.81. The van der Waals surface area contributed by atoms with Crippen LogP contribution in [0.5, 0.6) is 0 Å². The zero-order chi connectivity index (χ0) is 11.7. The smallest absolute Gasteiger partial charge is 0.331 e. The van der Waals surface area contributed by atoms with Gasteiger partial charge in [-0.05, 0) is 6.92 Å². The molecule has 1 radical (unpaired) electrons. The minimum Gasteiger partial charge on any atom is -0.480 e. The maximum Gasteiger partial charge on any atom is 0.331 e. The van der Waals surface area contributed by atoms with Crippen molar-refractivity contribution in [2.24, 2.45) is 0 Å². The Labute approximate surface area is 80.0 Å². The van der Waals surface area contributed by atoms with E-state index in [0.29, 0.717) is 6.92 Å². The van der Waals surface area contributed by atoms with Crippen LogP contribution in [0.4, 0.5) is 0 Å². The van der Waals surface area contributed by atoms with Gasteiger partial charge in [-0.2, -0.15) is 16.8 Å². The number of carboxylic acids is 1. The van der Waals surface area contributed by atoms with Gasteiger partial charge in [0.05, 0.1) is 0 Å². The Hall–Kier alpha value is -0.710. The van der Waals surface area contributed by atoms with Crippen LogP contribution in [0.3, 0.4) is 0 Å². The highest BCUT2D eigenvalue weighted by Gasteiger charge is 2.44. The molecule has 0 amide bonds. The summed E-state index contributed by atoms with van der Waals surface area (Å²) < 4.78 is 58.4. The molecule has 0 aliphatic heterocycles. The summed E-state index contributed by atoms with van der Waals surface area (Å²) in [6, 6.07) is 0. The summed E-state index contributed by atoms with van der Waals surface area (Å²) in [5, 5.41) is 4.37. The summed E-state index contributed by atoms with van der Waals surface area (Å²) in [7, 11) is -10.1. The molecule has 0 saturated heterocycles. The van der Waals surface area contributed by atoms with E-state index in [9.17, 15) is 21.6 Å². The molecule has 1 atom stereocenters. The average Bonchev–Trinajstić information content (AvgIpc) is 1.79. The molecular formula is C4H7O8S2. The Morgan fingerprint density at radius 1 is 1.14 bits per heavy atom. The maximum absolute atomic E-state index is 10.4. The van der Waals surface area contributed by atoms with Gasteiger partial charge in [0.25, 0.3) is 20.2 Å². The molecule has 0 aromatic heterocycles. The Kier molecular flexibility index (Phi) is 3.61. The zero-order valence-electron chi connectivity index (χ0n) is 6.78. The fourth-order valence-corrected chi connectivity index (χ4v) is 2.37. The number of carbonyl (C=O) groups is 1. The van der Waals surface area contributed by atoms with Gasteiger partial charge < -0.3 is 5.11 Å². The molecule has 83 valence electrons. The summed E-state index contributed by atoms with van der Waals surface area (Å²) in [5.41, 5.74) is 0. The van der Waals surface area contributed by atoms with Crippen molar-refractivity contribution in [1.29, 1.82) is 0 Å². The van der Waals surface area contributed by atoms with Crippen molar-refractivity contribution in [3.05, 3.63) is 5.25 Å². The first kappa shape index (κ1) is 13.3. The molecular weight excluding hydrogens is 240 g/mol. The Morgan fingerprint density at radius 2 is 1.50 bits per heavy atom. The standard InChI is InChI=1S/C4H7O8S2/c1-2(13(7,8)9)3(4(5)6)14(10,11)12/h2H,1H3,(H,5,6)(H,7,8,9)(H,10,11,12). The molecule has 0 saturated carbocycles. The van der Waals surface area contributed by atoms with Crippen molar-refractivity contribution < 1.29 is 35.8 Å². The Morgan fingerprint density at radius 3 is 1.57 bits per heavy atom. The van der Waals surface area contributed by atoms with Crippen LogP contribution in [0.25, 0.3) is 0 Å². The average molecular weight is 247 g/mol. The van der Waals surface area contributed by atoms with Crippen molar-refractivity contribution in [2.75, 3.05) is 0 Å². The number of carboxylic acid groups (broad SMARTS) is 1. The van der Waals surface area contributed by atoms with Crippen LogP contribution < -0.4 is 0 Å². The van der Waals surface area contributed by atoms with Crippen LogP contribution in [-0.4, -0.2) is 42.3 Å². The van der Waals surface area contributed by atoms with Crippen LogP contribution in [0.15, 0.2) is 0 Å². The van der Waals surface area contributed by atoms with E-state index in [1.807, 2.05) is 0 Å². The van der Waals surface area contributed by atoms with Crippen molar-refractivity contribution in [3.63, 3.8) is 0 Å². The van der Waals surface area contributed by atoms with Gasteiger partial charge in [0.15, 0.2) is 0 Å². The summed E-state index contributed by atoms with van der Waals surface area (Å²) in [5.74, 6) is -2.14. The lowest BCUT2D eigenvalue weighted by Gasteiger charge is -2.12. The fraction of sp³-hybridized carbons (Fsp3) is 0.500. The van der Waals surface area contributed by atoms with Crippen molar-refractivity contribution >= 4 is 26.2 Å². The van der Waals surface area contributed by atoms with Gasteiger partial charge in [-0.15, -0.1) is 0 Å². The third-order valence-corrected chi connectivity index (χ3v) is 3.67. The van der Waals surface area contributed by atoms with Crippen LogP contribution >= 0.6 is 0 Å². The lowest BCUT2D eigenvalue weighted by Crippen LogP contribution is -2.35. The van der Waals surface area contributed by atoms with E-state index < -0.39 is 36.7 Å². The van der Waals surface area contributed by atoms with Crippen LogP contribution in [-0.2, 0) is 25.0 Å². The first-order chi connectivity index (χ1) is 5.98. The van der Waals surface area contributed by atoms with E-state index in [4.69, 9.17) is 14.2 Å². The lowest BCUT2D eigenvalue weighted by atomic mass is 10.3. The first-order valence-electron chi connectivity index (χ1n) is 3.02. The van der Waals surface area contributed by atoms with Gasteiger partial charge in [0.2, 0.25) is 5.25 Å². The molecule has 0 aliphatic carbocycles. The van der Waals surface area contributed by atoms with Crippen LogP contribution in [0.1, 0.15) is 6.92 Å². The van der Waals surface area contributed by atoms with Gasteiger partial charge in [0, 0.05) is 0 Å². The van der Waals surface area contributed by atoms with Gasteiger partial charge in [-0.1, -0.05) is 0 Å². The fourth-order valence-electron chi connectivity index (χ4n) is 0.629. The van der Waals surface area contributed by atoms with Gasteiger partial charge in [0.1, 0.15) is 5.25 Å². The quantitative estimate of drug-likeness (QED) is 0.523. The van der Waals surface area contributed by atoms with Crippen LogP contribution in [0, 0.1) is 5.25 Å². The van der Waals surface area contributed by atoms with E-state index in [-0.39, 0.29) is 0 Å². The molecule has 0 aliphatic rings. The number of aliphatic carboxylic acids is 1. The van der Waals surface area contributed by atoms with Crippen molar-refractivity contribution in [2.45, 2.75) is 12.2 Å². The Balaban J connectivity index is 5.39. The number of hydrogen-bond acceptors (Lipinski definition) is 5. The second-order valence-corrected chi connectivity index (χ2v) is 5.43. The summed E-state index contributed by atoms with van der Waals surface area (Å²) in [4.78, 5) is 10.3.